The van der Waals surface area contributed by atoms with E-state index in [1.165, 1.54) is 12.1 Å². The average Bonchev–Trinajstić information content (AvgIpc) is 2.84. The SMILES string of the molecule is NC1=NC2(CCCCC2)N(c2cc(Cl)ccc2N2CCN(C(=O)c3ccccc3F)CC2)C(N)=N1. The van der Waals surface area contributed by atoms with Gasteiger partial charge in [0, 0.05) is 31.2 Å². The minimum Gasteiger partial charge on any atom is -0.369 e. The number of nitrogens with two attached hydrogens (primary N) is 2. The molecule has 3 aliphatic rings. The highest BCUT2D eigenvalue weighted by Crippen LogP contribution is 2.43. The fraction of sp³-hybridized carbons (Fsp3) is 0.400. The zero-order chi connectivity index (χ0) is 24.6. The Morgan fingerprint density at radius 1 is 0.971 bits per heavy atom. The largest absolute Gasteiger partial charge is 0.369 e. The third kappa shape index (κ3) is 4.40. The Bertz CT molecular complexity index is 1190. The third-order valence-corrected chi connectivity index (χ3v) is 7.28. The van der Waals surface area contributed by atoms with Gasteiger partial charge in [-0.15, -0.1) is 0 Å². The predicted molar refractivity (Wildman–Crippen MR) is 138 cm³/mol. The van der Waals surface area contributed by atoms with E-state index < -0.39 is 11.5 Å². The van der Waals surface area contributed by atoms with Crippen LogP contribution < -0.4 is 21.3 Å². The van der Waals surface area contributed by atoms with Crippen LogP contribution in [0.25, 0.3) is 0 Å². The molecule has 2 fully saturated rings. The van der Waals surface area contributed by atoms with Gasteiger partial charge in [-0.2, -0.15) is 4.99 Å². The lowest BCUT2D eigenvalue weighted by atomic mass is 9.87. The molecular formula is C25H29ClFN7O. The van der Waals surface area contributed by atoms with Gasteiger partial charge in [-0.3, -0.25) is 9.69 Å². The molecule has 0 radical (unpaired) electrons. The number of amides is 1. The second kappa shape index (κ2) is 9.37. The Morgan fingerprint density at radius 2 is 1.69 bits per heavy atom. The van der Waals surface area contributed by atoms with E-state index in [2.05, 4.69) is 9.89 Å². The van der Waals surface area contributed by atoms with Gasteiger partial charge in [-0.25, -0.2) is 9.38 Å². The van der Waals surface area contributed by atoms with Crippen LogP contribution in [0, 0.1) is 5.82 Å². The summed E-state index contributed by atoms with van der Waals surface area (Å²) in [5.74, 6) is -0.296. The number of hydrogen-bond donors (Lipinski definition) is 2. The summed E-state index contributed by atoms with van der Waals surface area (Å²) in [4.78, 5) is 27.8. The summed E-state index contributed by atoms with van der Waals surface area (Å²) >= 11 is 6.45. The van der Waals surface area contributed by atoms with Crippen LogP contribution in [0.3, 0.4) is 0 Å². The number of guanidine groups is 2. The van der Waals surface area contributed by atoms with Gasteiger partial charge in [-0.1, -0.05) is 30.2 Å². The van der Waals surface area contributed by atoms with Gasteiger partial charge in [0.1, 0.15) is 11.5 Å². The van der Waals surface area contributed by atoms with Crippen LogP contribution >= 0.6 is 11.6 Å². The molecule has 2 heterocycles. The maximum Gasteiger partial charge on any atom is 0.256 e. The number of anilines is 2. The number of benzene rings is 2. The van der Waals surface area contributed by atoms with E-state index in [0.29, 0.717) is 37.2 Å². The van der Waals surface area contributed by atoms with E-state index in [0.717, 1.165) is 43.5 Å². The summed E-state index contributed by atoms with van der Waals surface area (Å²) in [6.07, 6.45) is 4.82. The molecule has 1 aliphatic carbocycles. The lowest BCUT2D eigenvalue weighted by Crippen LogP contribution is -2.59. The maximum absolute atomic E-state index is 14.2. The van der Waals surface area contributed by atoms with E-state index >= 15 is 0 Å². The fourth-order valence-electron chi connectivity index (χ4n) is 5.37. The molecular weight excluding hydrogens is 469 g/mol. The molecule has 4 N–H and O–H groups in total. The quantitative estimate of drug-likeness (QED) is 0.675. The molecule has 5 rings (SSSR count). The molecule has 2 aliphatic heterocycles. The predicted octanol–water partition coefficient (Wildman–Crippen LogP) is 3.55. The second-order valence-electron chi connectivity index (χ2n) is 9.21. The summed E-state index contributed by atoms with van der Waals surface area (Å²) in [6.45, 7) is 2.10. The van der Waals surface area contributed by atoms with Crippen LogP contribution in [-0.4, -0.2) is 54.6 Å². The van der Waals surface area contributed by atoms with Crippen LogP contribution in [-0.2, 0) is 0 Å². The first-order valence-electron chi connectivity index (χ1n) is 12.0. The monoisotopic (exact) mass is 497 g/mol. The molecule has 10 heteroatoms. The number of piperazine rings is 1. The van der Waals surface area contributed by atoms with Crippen molar-refractivity contribution in [3.8, 4) is 0 Å². The van der Waals surface area contributed by atoms with Crippen molar-refractivity contribution < 1.29 is 9.18 Å². The second-order valence-corrected chi connectivity index (χ2v) is 9.65. The van der Waals surface area contributed by atoms with Crippen molar-refractivity contribution in [1.29, 1.82) is 0 Å². The first kappa shape index (κ1) is 23.4. The van der Waals surface area contributed by atoms with Gasteiger partial charge in [0.2, 0.25) is 11.9 Å². The number of halogens is 2. The standard InChI is InChI=1S/C25H29ClFN7O/c26-17-8-9-20(32-12-14-33(15-13-32)22(35)18-6-2-3-7-19(18)27)21(16-17)34-24(29)30-23(28)31-25(34)10-4-1-5-11-25/h2-3,6-9,16H,1,4-5,10-15H2,(H4,28,29,30,31). The topological polar surface area (TPSA) is 104 Å². The summed E-state index contributed by atoms with van der Waals surface area (Å²) in [7, 11) is 0. The normalized spacial score (nSPS) is 20.0. The van der Waals surface area contributed by atoms with Crippen molar-refractivity contribution in [3.05, 3.63) is 58.9 Å². The van der Waals surface area contributed by atoms with Crippen LogP contribution in [0.1, 0.15) is 42.5 Å². The number of hydrogen-bond acceptors (Lipinski definition) is 7. The van der Waals surface area contributed by atoms with Gasteiger partial charge in [0.15, 0.2) is 0 Å². The van der Waals surface area contributed by atoms with E-state index in [1.54, 1.807) is 17.0 Å². The fourth-order valence-corrected chi connectivity index (χ4v) is 5.53. The Kier molecular flexibility index (Phi) is 6.27. The molecule has 2 aromatic carbocycles. The molecule has 0 atom stereocenters. The summed E-state index contributed by atoms with van der Waals surface area (Å²) in [5, 5.41) is 0.582. The Hall–Kier alpha value is -3.33. The number of rotatable bonds is 3. The Labute approximate surface area is 209 Å². The number of carbonyl (C=O) groups excluding carboxylic acids is 1. The highest BCUT2D eigenvalue weighted by Gasteiger charge is 2.44. The summed E-state index contributed by atoms with van der Waals surface area (Å²) < 4.78 is 14.2. The lowest BCUT2D eigenvalue weighted by molar-refractivity contribution is 0.0742. The zero-order valence-corrected chi connectivity index (χ0v) is 20.2. The smallest absolute Gasteiger partial charge is 0.256 e. The van der Waals surface area contributed by atoms with E-state index in [1.807, 2.05) is 23.1 Å². The molecule has 2 aromatic rings. The molecule has 0 unspecified atom stereocenters. The van der Waals surface area contributed by atoms with Gasteiger partial charge in [0.05, 0.1) is 16.9 Å². The maximum atomic E-state index is 14.2. The van der Waals surface area contributed by atoms with Crippen molar-refractivity contribution in [2.24, 2.45) is 21.5 Å². The first-order chi connectivity index (χ1) is 16.9. The molecule has 8 nitrogen and oxygen atoms in total. The van der Waals surface area contributed by atoms with Crippen molar-refractivity contribution in [2.75, 3.05) is 36.0 Å². The molecule has 184 valence electrons. The van der Waals surface area contributed by atoms with Crippen LogP contribution in [0.5, 0.6) is 0 Å². The van der Waals surface area contributed by atoms with E-state index in [-0.39, 0.29) is 17.4 Å². The van der Waals surface area contributed by atoms with Crippen LogP contribution in [0.15, 0.2) is 52.4 Å². The molecule has 1 spiro atoms. The Balaban J connectivity index is 1.43. The molecule has 35 heavy (non-hydrogen) atoms. The van der Waals surface area contributed by atoms with Crippen molar-refractivity contribution >= 4 is 40.8 Å². The molecule has 0 bridgehead atoms. The van der Waals surface area contributed by atoms with Crippen molar-refractivity contribution in [2.45, 2.75) is 37.8 Å². The van der Waals surface area contributed by atoms with Crippen LogP contribution in [0.4, 0.5) is 15.8 Å². The Morgan fingerprint density at radius 3 is 2.40 bits per heavy atom. The van der Waals surface area contributed by atoms with Gasteiger partial charge in [-0.05, 0) is 56.0 Å². The van der Waals surface area contributed by atoms with Gasteiger partial charge in [0.25, 0.3) is 5.91 Å². The molecule has 1 saturated heterocycles. The highest BCUT2D eigenvalue weighted by molar-refractivity contribution is 6.31. The lowest BCUT2D eigenvalue weighted by Gasteiger charge is -2.47. The number of carbonyl (C=O) groups is 1. The van der Waals surface area contributed by atoms with Gasteiger partial charge >= 0.3 is 0 Å². The summed E-state index contributed by atoms with van der Waals surface area (Å²) in [6, 6.07) is 11.8. The third-order valence-electron chi connectivity index (χ3n) is 7.04. The minimum atomic E-state index is -0.587. The first-order valence-corrected chi connectivity index (χ1v) is 12.3. The molecule has 0 aromatic heterocycles. The summed E-state index contributed by atoms with van der Waals surface area (Å²) in [5.41, 5.74) is 13.8. The van der Waals surface area contributed by atoms with E-state index in [4.69, 9.17) is 28.1 Å². The number of nitrogens with zero attached hydrogens (tertiary/aromatic N) is 5. The van der Waals surface area contributed by atoms with Crippen molar-refractivity contribution in [3.63, 3.8) is 0 Å². The van der Waals surface area contributed by atoms with Gasteiger partial charge < -0.3 is 21.3 Å². The zero-order valence-electron chi connectivity index (χ0n) is 19.5. The molecule has 1 amide bonds. The van der Waals surface area contributed by atoms with Crippen LogP contribution in [0.2, 0.25) is 5.02 Å². The van der Waals surface area contributed by atoms with Crippen molar-refractivity contribution in [1.82, 2.24) is 4.90 Å². The average molecular weight is 498 g/mol. The highest BCUT2D eigenvalue weighted by atomic mass is 35.5. The van der Waals surface area contributed by atoms with E-state index in [9.17, 15) is 9.18 Å². The molecule has 1 saturated carbocycles. The number of aliphatic imine (C=N–C) groups is 2. The minimum absolute atomic E-state index is 0.0973.